The zero-order valence-electron chi connectivity index (χ0n) is 16.9. The van der Waals surface area contributed by atoms with Gasteiger partial charge in [-0.1, -0.05) is 12.1 Å². The van der Waals surface area contributed by atoms with Crippen molar-refractivity contribution in [2.24, 2.45) is 0 Å². The van der Waals surface area contributed by atoms with Crippen molar-refractivity contribution in [2.45, 2.75) is 32.7 Å². The van der Waals surface area contributed by atoms with Gasteiger partial charge in [-0.25, -0.2) is 4.39 Å². The number of likely N-dealkylation sites (tertiary alicyclic amines) is 1. The van der Waals surface area contributed by atoms with Gasteiger partial charge in [-0.3, -0.25) is 14.5 Å². The minimum atomic E-state index is -0.393. The van der Waals surface area contributed by atoms with Crippen molar-refractivity contribution in [2.75, 3.05) is 57.3 Å². The second-order valence-electron chi connectivity index (χ2n) is 7.50. The summed E-state index contributed by atoms with van der Waals surface area (Å²) in [5.41, 5.74) is 0.660. The molecule has 1 aromatic carbocycles. The van der Waals surface area contributed by atoms with Gasteiger partial charge in [-0.05, 0) is 38.8 Å². The Hall–Kier alpha value is -2.15. The highest BCUT2D eigenvalue weighted by molar-refractivity contribution is 6.34. The number of piperidine rings is 1. The molecule has 0 bridgehead atoms. The first kappa shape index (κ1) is 20.6. The molecule has 0 spiro atoms. The number of halogens is 1. The van der Waals surface area contributed by atoms with Gasteiger partial charge in [0.25, 0.3) is 0 Å². The number of piperazine rings is 1. The minimum Gasteiger partial charge on any atom is -0.367 e. The molecule has 7 heteroatoms. The molecule has 0 N–H and O–H groups in total. The average Bonchev–Trinajstić information content (AvgIpc) is 2.74. The molecule has 2 saturated heterocycles. The monoisotopic (exact) mass is 390 g/mol. The Morgan fingerprint density at radius 2 is 1.75 bits per heavy atom. The molecule has 2 aliphatic rings. The molecule has 0 aliphatic carbocycles. The normalized spacial score (nSPS) is 20.9. The SMILES string of the molecule is CCN(CC)C(=O)C(=O)N1CCCC(N2CCN(c3ccccc3F)CC2)C1. The number of hydrogen-bond acceptors (Lipinski definition) is 4. The van der Waals surface area contributed by atoms with E-state index >= 15 is 0 Å². The summed E-state index contributed by atoms with van der Waals surface area (Å²) in [7, 11) is 0. The number of para-hydroxylation sites is 1. The Kier molecular flexibility index (Phi) is 6.88. The molecule has 2 fully saturated rings. The van der Waals surface area contributed by atoms with Crippen LogP contribution in [0.5, 0.6) is 0 Å². The van der Waals surface area contributed by atoms with Crippen LogP contribution in [0.2, 0.25) is 0 Å². The van der Waals surface area contributed by atoms with Gasteiger partial charge in [0.05, 0.1) is 5.69 Å². The van der Waals surface area contributed by atoms with Crippen LogP contribution in [0.15, 0.2) is 24.3 Å². The Balaban J connectivity index is 1.56. The first-order valence-electron chi connectivity index (χ1n) is 10.4. The predicted octanol–water partition coefficient (Wildman–Crippen LogP) is 1.81. The number of rotatable bonds is 4. The molecule has 2 heterocycles. The van der Waals surface area contributed by atoms with Gasteiger partial charge in [0.2, 0.25) is 0 Å². The Morgan fingerprint density at radius 1 is 1.07 bits per heavy atom. The van der Waals surface area contributed by atoms with E-state index in [1.807, 2.05) is 26.0 Å². The minimum absolute atomic E-state index is 0.180. The molecule has 1 aromatic rings. The number of hydrogen-bond donors (Lipinski definition) is 0. The summed E-state index contributed by atoms with van der Waals surface area (Å²) in [4.78, 5) is 32.8. The second-order valence-corrected chi connectivity index (χ2v) is 7.50. The lowest BCUT2D eigenvalue weighted by molar-refractivity contribution is -0.152. The van der Waals surface area contributed by atoms with Crippen molar-refractivity contribution in [3.8, 4) is 0 Å². The van der Waals surface area contributed by atoms with Crippen LogP contribution >= 0.6 is 0 Å². The predicted molar refractivity (Wildman–Crippen MR) is 108 cm³/mol. The third-order valence-corrected chi connectivity index (χ3v) is 5.94. The topological polar surface area (TPSA) is 47.1 Å². The summed E-state index contributed by atoms with van der Waals surface area (Å²) in [6.45, 7) is 9.35. The molecule has 3 rings (SSSR count). The van der Waals surface area contributed by atoms with Crippen LogP contribution in [0.4, 0.5) is 10.1 Å². The van der Waals surface area contributed by atoms with Gasteiger partial charge in [-0.2, -0.15) is 0 Å². The number of carbonyl (C=O) groups is 2. The summed E-state index contributed by atoms with van der Waals surface area (Å²) in [5.74, 6) is -0.950. The van der Waals surface area contributed by atoms with E-state index < -0.39 is 5.91 Å². The van der Waals surface area contributed by atoms with Crippen LogP contribution in [-0.4, -0.2) is 84.9 Å². The lowest BCUT2D eigenvalue weighted by Crippen LogP contribution is -2.57. The molecule has 2 amide bonds. The van der Waals surface area contributed by atoms with Crippen LogP contribution in [0, 0.1) is 5.82 Å². The first-order valence-corrected chi connectivity index (χ1v) is 10.4. The molecule has 1 unspecified atom stereocenters. The molecule has 0 saturated carbocycles. The average molecular weight is 391 g/mol. The lowest BCUT2D eigenvalue weighted by atomic mass is 10.0. The maximum Gasteiger partial charge on any atom is 0.312 e. The van der Waals surface area contributed by atoms with E-state index in [1.54, 1.807) is 15.9 Å². The summed E-state index contributed by atoms with van der Waals surface area (Å²) in [5, 5.41) is 0. The largest absolute Gasteiger partial charge is 0.367 e. The van der Waals surface area contributed by atoms with Gasteiger partial charge in [0, 0.05) is 58.4 Å². The molecule has 0 radical (unpaired) electrons. The van der Waals surface area contributed by atoms with Gasteiger partial charge in [0.15, 0.2) is 0 Å². The number of benzene rings is 1. The van der Waals surface area contributed by atoms with E-state index in [1.165, 1.54) is 6.07 Å². The first-order chi connectivity index (χ1) is 13.5. The van der Waals surface area contributed by atoms with E-state index in [-0.39, 0.29) is 17.8 Å². The maximum atomic E-state index is 14.0. The number of likely N-dealkylation sites (N-methyl/N-ethyl adjacent to an activating group) is 1. The highest BCUT2D eigenvalue weighted by Crippen LogP contribution is 2.23. The summed E-state index contributed by atoms with van der Waals surface area (Å²) < 4.78 is 14.0. The van der Waals surface area contributed by atoms with Gasteiger partial charge < -0.3 is 14.7 Å². The number of amides is 2. The molecule has 2 aliphatic heterocycles. The molecular weight excluding hydrogens is 359 g/mol. The van der Waals surface area contributed by atoms with Crippen LogP contribution < -0.4 is 4.90 Å². The zero-order chi connectivity index (χ0) is 20.1. The molecule has 0 aromatic heterocycles. The summed E-state index contributed by atoms with van der Waals surface area (Å²) in [6.07, 6.45) is 1.94. The van der Waals surface area contributed by atoms with E-state index in [4.69, 9.17) is 0 Å². The van der Waals surface area contributed by atoms with Gasteiger partial charge >= 0.3 is 11.8 Å². The molecule has 1 atom stereocenters. The van der Waals surface area contributed by atoms with Gasteiger partial charge in [-0.15, -0.1) is 0 Å². The van der Waals surface area contributed by atoms with E-state index in [0.29, 0.717) is 31.9 Å². The third kappa shape index (κ3) is 4.46. The highest BCUT2D eigenvalue weighted by atomic mass is 19.1. The smallest absolute Gasteiger partial charge is 0.312 e. The Morgan fingerprint density at radius 3 is 2.39 bits per heavy atom. The molecule has 154 valence electrons. The van der Waals surface area contributed by atoms with Crippen LogP contribution in [-0.2, 0) is 9.59 Å². The molecular formula is C21H31FN4O2. The van der Waals surface area contributed by atoms with Crippen molar-refractivity contribution in [3.63, 3.8) is 0 Å². The quantitative estimate of drug-likeness (QED) is 0.736. The van der Waals surface area contributed by atoms with E-state index in [9.17, 15) is 14.0 Å². The fourth-order valence-corrected chi connectivity index (χ4v) is 4.25. The Bertz CT molecular complexity index is 687. The lowest BCUT2D eigenvalue weighted by Gasteiger charge is -2.44. The summed E-state index contributed by atoms with van der Waals surface area (Å²) in [6, 6.07) is 7.17. The summed E-state index contributed by atoms with van der Waals surface area (Å²) >= 11 is 0. The van der Waals surface area contributed by atoms with Crippen molar-refractivity contribution in [1.29, 1.82) is 0 Å². The van der Waals surface area contributed by atoms with Crippen LogP contribution in [0.1, 0.15) is 26.7 Å². The van der Waals surface area contributed by atoms with Crippen molar-refractivity contribution in [1.82, 2.24) is 14.7 Å². The fourth-order valence-electron chi connectivity index (χ4n) is 4.25. The van der Waals surface area contributed by atoms with Crippen LogP contribution in [0.25, 0.3) is 0 Å². The van der Waals surface area contributed by atoms with Crippen LogP contribution in [0.3, 0.4) is 0 Å². The van der Waals surface area contributed by atoms with E-state index in [0.717, 1.165) is 39.0 Å². The van der Waals surface area contributed by atoms with Gasteiger partial charge in [0.1, 0.15) is 5.82 Å². The number of nitrogens with zero attached hydrogens (tertiary/aromatic N) is 4. The third-order valence-electron chi connectivity index (χ3n) is 5.94. The standard InChI is InChI=1S/C21H31FN4O2/c1-3-23(4-2)20(27)21(28)26-11-7-8-17(16-26)24-12-14-25(15-13-24)19-10-6-5-9-18(19)22/h5-6,9-10,17H,3-4,7-8,11-16H2,1-2H3. The molecule has 28 heavy (non-hydrogen) atoms. The zero-order valence-corrected chi connectivity index (χ0v) is 16.9. The van der Waals surface area contributed by atoms with Crippen molar-refractivity contribution < 1.29 is 14.0 Å². The van der Waals surface area contributed by atoms with Crippen molar-refractivity contribution >= 4 is 17.5 Å². The molecule has 6 nitrogen and oxygen atoms in total. The fraction of sp³-hybridized carbons (Fsp3) is 0.619. The Labute approximate surface area is 166 Å². The number of carbonyl (C=O) groups excluding carboxylic acids is 2. The van der Waals surface area contributed by atoms with E-state index in [2.05, 4.69) is 9.80 Å². The maximum absolute atomic E-state index is 14.0. The highest BCUT2D eigenvalue weighted by Gasteiger charge is 2.33. The number of anilines is 1. The second kappa shape index (κ2) is 9.37. The van der Waals surface area contributed by atoms with Crippen molar-refractivity contribution in [3.05, 3.63) is 30.1 Å².